The van der Waals surface area contributed by atoms with Crippen LogP contribution in [0.4, 0.5) is 5.69 Å². The minimum Gasteiger partial charge on any atom is -0.505 e. The SMILES string of the molecule is CO[C@H]1/C=C/O[C@@]2(C)Oc3c(C)c(=O)c4c(O)c(c5oc6cc(OCCNCCOCCN7CC7)ccc6nc5c4c3C2=O)NC(=O)/C(C)=C\C=C\[C@H](C)[C@@H]2O[C@H]([C@H](O)[C@@H]2C)[C@H](OC(C)=O)[C@@H]1C. The summed E-state index contributed by atoms with van der Waals surface area (Å²) in [7, 11) is 1.45. The maximum Gasteiger partial charge on any atom is 0.312 e. The minimum absolute atomic E-state index is 0.00236. The van der Waals surface area contributed by atoms with Gasteiger partial charge in [-0.15, -0.1) is 0 Å². The van der Waals surface area contributed by atoms with Crippen molar-refractivity contribution in [1.29, 1.82) is 0 Å². The average molecular weight is 941 g/mol. The van der Waals surface area contributed by atoms with Crippen LogP contribution in [0, 0.1) is 24.7 Å². The molecule has 0 saturated carbocycles. The number of benzene rings is 3. The summed E-state index contributed by atoms with van der Waals surface area (Å²) in [6.45, 7) is 17.3. The fourth-order valence-corrected chi connectivity index (χ4v) is 9.15. The van der Waals surface area contributed by atoms with Crippen LogP contribution in [0.25, 0.3) is 33.0 Å². The predicted octanol–water partition coefficient (Wildman–Crippen LogP) is 5.07. The third-order valence-corrected chi connectivity index (χ3v) is 13.2. The maximum atomic E-state index is 14.8. The summed E-state index contributed by atoms with van der Waals surface area (Å²) in [5, 5.41) is 29.4. The number of nitrogens with one attached hydrogen (secondary N) is 2. The number of aromatic nitrogens is 1. The highest BCUT2D eigenvalue weighted by atomic mass is 16.7. The van der Waals surface area contributed by atoms with Crippen molar-refractivity contribution in [1.82, 2.24) is 15.2 Å². The third-order valence-electron chi connectivity index (χ3n) is 13.2. The minimum atomic E-state index is -2.04. The van der Waals surface area contributed by atoms with Crippen LogP contribution >= 0.6 is 0 Å². The molecule has 0 spiro atoms. The van der Waals surface area contributed by atoms with Gasteiger partial charge < -0.3 is 58.4 Å². The van der Waals surface area contributed by atoms with Crippen molar-refractivity contribution >= 4 is 56.3 Å². The Morgan fingerprint density at radius 3 is 2.53 bits per heavy atom. The number of hydrogen-bond donors (Lipinski definition) is 4. The highest BCUT2D eigenvalue weighted by Gasteiger charge is 2.51. The van der Waals surface area contributed by atoms with Crippen LogP contribution in [0.1, 0.15) is 57.5 Å². The molecule has 18 nitrogen and oxygen atoms in total. The van der Waals surface area contributed by atoms with Crippen molar-refractivity contribution in [3.8, 4) is 17.2 Å². The Labute approximate surface area is 393 Å². The number of phenols is 1. The summed E-state index contributed by atoms with van der Waals surface area (Å²) in [6.07, 6.45) is 3.60. The van der Waals surface area contributed by atoms with Gasteiger partial charge in [-0.2, -0.15) is 0 Å². The molecular weight excluding hydrogens is 881 g/mol. The molecule has 1 aromatic heterocycles. The lowest BCUT2D eigenvalue weighted by molar-refractivity contribution is -0.168. The molecule has 18 heteroatoms. The van der Waals surface area contributed by atoms with E-state index in [1.165, 1.54) is 40.2 Å². The molecule has 7 bridgehead atoms. The van der Waals surface area contributed by atoms with Gasteiger partial charge in [-0.1, -0.05) is 39.0 Å². The highest BCUT2D eigenvalue weighted by molar-refractivity contribution is 6.26. The fourth-order valence-electron chi connectivity index (χ4n) is 9.15. The lowest BCUT2D eigenvalue weighted by Crippen LogP contribution is -2.46. The van der Waals surface area contributed by atoms with E-state index in [0.717, 1.165) is 19.6 Å². The molecule has 5 aliphatic rings. The molecule has 4 N–H and O–H groups in total. The Kier molecular flexibility index (Phi) is 14.3. The number of esters is 1. The summed E-state index contributed by atoms with van der Waals surface area (Å²) in [5.74, 6) is -5.54. The topological polar surface area (TPSA) is 226 Å². The number of hydrogen-bond acceptors (Lipinski definition) is 17. The summed E-state index contributed by atoms with van der Waals surface area (Å²) in [4.78, 5) is 62.9. The number of anilines is 1. The first-order chi connectivity index (χ1) is 32.5. The molecule has 4 aromatic rings. The van der Waals surface area contributed by atoms with Gasteiger partial charge >= 0.3 is 11.8 Å². The van der Waals surface area contributed by atoms with Crippen LogP contribution in [-0.2, 0) is 33.3 Å². The van der Waals surface area contributed by atoms with E-state index in [1.54, 1.807) is 44.2 Å². The average Bonchev–Trinajstić information content (AvgIpc) is 4.04. The number of nitrogens with zero attached hydrogens (tertiary/aromatic N) is 2. The first-order valence-corrected chi connectivity index (χ1v) is 23.0. The van der Waals surface area contributed by atoms with Gasteiger partial charge in [0.05, 0.1) is 48.7 Å². The quantitative estimate of drug-likeness (QED) is 0.0363. The van der Waals surface area contributed by atoms with Crippen molar-refractivity contribution in [2.45, 2.75) is 84.8 Å². The van der Waals surface area contributed by atoms with Crippen molar-refractivity contribution in [2.75, 3.05) is 65.0 Å². The van der Waals surface area contributed by atoms with Gasteiger partial charge in [-0.05, 0) is 32.1 Å². The number of aromatic hydroxyl groups is 1. The van der Waals surface area contributed by atoms with Gasteiger partial charge in [0, 0.05) is 94.0 Å². The second kappa shape index (κ2) is 20.0. The lowest BCUT2D eigenvalue weighted by Gasteiger charge is -2.33. The zero-order chi connectivity index (χ0) is 48.6. The Balaban J connectivity index is 1.20. The molecule has 5 aliphatic heterocycles. The number of Topliss-reactive ketones (excluding diaryl/α,β-unsaturated/α-hetero) is 1. The second-order valence-corrected chi connectivity index (χ2v) is 18.1. The van der Waals surface area contributed by atoms with Crippen LogP contribution in [0.3, 0.4) is 0 Å². The summed E-state index contributed by atoms with van der Waals surface area (Å²) in [6, 6.07) is 5.00. The number of allylic oxidation sites excluding steroid dienone is 2. The zero-order valence-electron chi connectivity index (χ0n) is 39.6. The first kappa shape index (κ1) is 48.6. The van der Waals surface area contributed by atoms with Crippen molar-refractivity contribution < 1.29 is 62.2 Å². The largest absolute Gasteiger partial charge is 0.505 e. The van der Waals surface area contributed by atoms with Crippen LogP contribution in [0.15, 0.2) is 63.6 Å². The molecule has 0 unspecified atom stereocenters. The van der Waals surface area contributed by atoms with E-state index in [-0.39, 0.29) is 67.4 Å². The van der Waals surface area contributed by atoms with E-state index < -0.39 is 71.1 Å². The maximum absolute atomic E-state index is 14.8. The molecule has 1 amide bonds. The standard InChI is InChI=1S/C50H60N4O14/c1-25-10-9-11-26(2)49(60)53-39-42(58)36-35(38-46(39)66-34-24-31(12-13-32(34)52-38)63-22-16-51-15-21-62-23-19-54-17-18-54)37-44(28(4)40(36)56)68-50(7,48(37)59)64-20-14-33(61-8)27(3)45(65-30(6)55)47-41(57)29(5)43(25)67-47/h9-14,20,24-25,27,29,33,41,43,45,47,51,57-58H,15-19,21-23H2,1-8H3,(H,53,60)/b10-9+,20-14+,26-11-/t25-,27+,29-,33-,41+,43-,45+,47+,50-/m0/s1. The molecule has 0 aliphatic carbocycles. The predicted molar refractivity (Wildman–Crippen MR) is 251 cm³/mol. The number of phenolic OH excluding ortho intramolecular Hbond substituents is 1. The van der Waals surface area contributed by atoms with Crippen LogP contribution in [0.5, 0.6) is 17.2 Å². The van der Waals surface area contributed by atoms with E-state index in [1.807, 2.05) is 19.9 Å². The zero-order valence-corrected chi connectivity index (χ0v) is 39.6. The number of aliphatic hydroxyl groups excluding tert-OH is 1. The van der Waals surface area contributed by atoms with Gasteiger partial charge in [-0.25, -0.2) is 4.98 Å². The molecule has 68 heavy (non-hydrogen) atoms. The molecular formula is C50H60N4O14. The van der Waals surface area contributed by atoms with Crippen LogP contribution < -0.4 is 25.5 Å². The number of ketones is 1. The normalized spacial score (nSPS) is 29.2. The molecule has 2 saturated heterocycles. The Hall–Kier alpha value is -5.89. The van der Waals surface area contributed by atoms with E-state index in [4.69, 9.17) is 42.6 Å². The summed E-state index contributed by atoms with van der Waals surface area (Å²) >= 11 is 0. The van der Waals surface area contributed by atoms with Crippen LogP contribution in [0.2, 0.25) is 0 Å². The van der Waals surface area contributed by atoms with Crippen molar-refractivity contribution in [3.05, 3.63) is 75.7 Å². The first-order valence-electron chi connectivity index (χ1n) is 23.0. The van der Waals surface area contributed by atoms with E-state index in [9.17, 15) is 29.4 Å². The van der Waals surface area contributed by atoms with E-state index >= 15 is 0 Å². The Bertz CT molecular complexity index is 2760. The number of carbonyl (C=O) groups is 3. The Morgan fingerprint density at radius 2 is 1.79 bits per heavy atom. The number of carbonyl (C=O) groups excluding carboxylic acids is 3. The van der Waals surface area contributed by atoms with Gasteiger partial charge in [0.15, 0.2) is 22.3 Å². The Morgan fingerprint density at radius 1 is 1.03 bits per heavy atom. The third kappa shape index (κ3) is 9.57. The molecule has 9 rings (SSSR count). The molecule has 2 fully saturated rings. The monoisotopic (exact) mass is 940 g/mol. The van der Waals surface area contributed by atoms with Crippen molar-refractivity contribution in [3.63, 3.8) is 0 Å². The summed E-state index contributed by atoms with van der Waals surface area (Å²) in [5.41, 5.74) is -0.409. The number of ether oxygens (including phenoxy) is 7. The van der Waals surface area contributed by atoms with Gasteiger partial charge in [0.1, 0.15) is 47.0 Å². The highest BCUT2D eigenvalue weighted by Crippen LogP contribution is 2.48. The van der Waals surface area contributed by atoms with Gasteiger partial charge in [0.2, 0.25) is 0 Å². The van der Waals surface area contributed by atoms with Gasteiger partial charge in [-0.3, -0.25) is 24.1 Å². The van der Waals surface area contributed by atoms with Gasteiger partial charge in [0.25, 0.3) is 11.7 Å². The molecule has 364 valence electrons. The number of fused-ring (bicyclic) bond motifs is 9. The number of rotatable bonds is 12. The fraction of sp³-hybridized carbons (Fsp3) is 0.500. The number of amides is 1. The molecule has 9 atom stereocenters. The molecule has 6 heterocycles. The number of methoxy groups -OCH3 is 1. The molecule has 3 aromatic carbocycles. The summed E-state index contributed by atoms with van der Waals surface area (Å²) < 4.78 is 48.6. The van der Waals surface area contributed by atoms with E-state index in [0.29, 0.717) is 44.2 Å². The number of aliphatic hydroxyl groups is 1. The van der Waals surface area contributed by atoms with Crippen LogP contribution in [-0.4, -0.2) is 134 Å². The van der Waals surface area contributed by atoms with E-state index in [2.05, 4.69) is 15.5 Å². The molecule has 0 radical (unpaired) electrons. The second-order valence-electron chi connectivity index (χ2n) is 18.1. The smallest absolute Gasteiger partial charge is 0.312 e. The van der Waals surface area contributed by atoms with Crippen molar-refractivity contribution in [2.24, 2.45) is 17.8 Å². The lowest BCUT2D eigenvalue weighted by atomic mass is 9.86.